The molecule has 3 N–H and O–H groups in total. The summed E-state index contributed by atoms with van der Waals surface area (Å²) in [6, 6.07) is 4.30. The van der Waals surface area contributed by atoms with E-state index < -0.39 is 21.6 Å². The highest BCUT2D eigenvalue weighted by atomic mass is 32.2. The molecule has 0 aliphatic rings. The molecule has 0 aromatic heterocycles. The molecule has 0 bridgehead atoms. The molecule has 0 aliphatic heterocycles. The van der Waals surface area contributed by atoms with Gasteiger partial charge in [-0.25, -0.2) is 8.42 Å². The van der Waals surface area contributed by atoms with E-state index in [-0.39, 0.29) is 17.5 Å². The van der Waals surface area contributed by atoms with E-state index in [2.05, 4.69) is 5.43 Å². The van der Waals surface area contributed by atoms with Crippen molar-refractivity contribution in [3.8, 4) is 0 Å². The second-order valence-electron chi connectivity index (χ2n) is 4.72. The molecular weight excluding hydrogens is 305 g/mol. The lowest BCUT2D eigenvalue weighted by Gasteiger charge is -2.17. The lowest BCUT2D eigenvalue weighted by molar-refractivity contribution is -0.137. The molecule has 1 aromatic rings. The molecule has 0 radical (unpaired) electrons. The third-order valence-corrected chi connectivity index (χ3v) is 5.02. The Morgan fingerprint density at radius 2 is 1.81 bits per heavy atom. The van der Waals surface area contributed by atoms with Gasteiger partial charge in [0.2, 0.25) is 0 Å². The molecule has 1 atom stereocenters. The van der Waals surface area contributed by atoms with Crippen molar-refractivity contribution >= 4 is 9.84 Å². The summed E-state index contributed by atoms with van der Waals surface area (Å²) < 4.78 is 60.2. The van der Waals surface area contributed by atoms with Crippen LogP contribution in [0, 0.1) is 0 Å². The van der Waals surface area contributed by atoms with Crippen LogP contribution in [0.4, 0.5) is 13.2 Å². The molecule has 120 valence electrons. The fraction of sp³-hybridized carbons (Fsp3) is 0.538. The van der Waals surface area contributed by atoms with E-state index >= 15 is 0 Å². The molecule has 1 unspecified atom stereocenters. The van der Waals surface area contributed by atoms with Gasteiger partial charge in [-0.15, -0.1) is 0 Å². The molecule has 8 heteroatoms. The molecule has 0 fully saturated rings. The van der Waals surface area contributed by atoms with Gasteiger partial charge in [0.05, 0.1) is 11.3 Å². The third kappa shape index (κ3) is 5.64. The van der Waals surface area contributed by atoms with Crippen molar-refractivity contribution < 1.29 is 21.6 Å². The first-order valence-electron chi connectivity index (χ1n) is 6.53. The maximum absolute atomic E-state index is 12.5. The van der Waals surface area contributed by atoms with Crippen LogP contribution in [0.2, 0.25) is 0 Å². The van der Waals surface area contributed by atoms with Crippen molar-refractivity contribution in [1.29, 1.82) is 0 Å². The fourth-order valence-electron chi connectivity index (χ4n) is 1.90. The van der Waals surface area contributed by atoms with Crippen LogP contribution in [-0.2, 0) is 16.0 Å². The zero-order chi connectivity index (χ0) is 16.1. The van der Waals surface area contributed by atoms with Crippen molar-refractivity contribution in [2.45, 2.75) is 32.0 Å². The Morgan fingerprint density at radius 3 is 2.24 bits per heavy atom. The van der Waals surface area contributed by atoms with E-state index in [0.29, 0.717) is 18.4 Å². The smallest absolute Gasteiger partial charge is 0.271 e. The normalized spacial score (nSPS) is 14.1. The topological polar surface area (TPSA) is 72.2 Å². The Balaban J connectivity index is 2.68. The minimum Gasteiger partial charge on any atom is -0.271 e. The molecule has 1 aromatic carbocycles. The zero-order valence-corrected chi connectivity index (χ0v) is 12.5. The van der Waals surface area contributed by atoms with Gasteiger partial charge in [-0.1, -0.05) is 19.1 Å². The second kappa shape index (κ2) is 7.24. The van der Waals surface area contributed by atoms with Gasteiger partial charge >= 0.3 is 6.18 Å². The second-order valence-corrected chi connectivity index (χ2v) is 7.19. The third-order valence-electron chi connectivity index (χ3n) is 3.23. The Morgan fingerprint density at radius 1 is 1.24 bits per heavy atom. The number of hydrazine groups is 1. The molecule has 0 saturated carbocycles. The number of hydrogen-bond acceptors (Lipinski definition) is 4. The number of rotatable bonds is 7. The summed E-state index contributed by atoms with van der Waals surface area (Å²) in [6.45, 7) is 1.57. The van der Waals surface area contributed by atoms with E-state index in [4.69, 9.17) is 5.84 Å². The van der Waals surface area contributed by atoms with Crippen LogP contribution in [0.25, 0.3) is 0 Å². The van der Waals surface area contributed by atoms with Gasteiger partial charge in [0.1, 0.15) is 9.84 Å². The van der Waals surface area contributed by atoms with E-state index in [9.17, 15) is 21.6 Å². The first-order valence-corrected chi connectivity index (χ1v) is 8.35. The Kier molecular flexibility index (Phi) is 6.18. The number of nitrogens with one attached hydrogen (secondary N) is 1. The van der Waals surface area contributed by atoms with E-state index in [1.54, 1.807) is 6.92 Å². The van der Waals surface area contributed by atoms with Crippen molar-refractivity contribution in [2.75, 3.05) is 11.5 Å². The van der Waals surface area contributed by atoms with Crippen molar-refractivity contribution in [1.82, 2.24) is 5.43 Å². The molecule has 0 saturated heterocycles. The average molecular weight is 324 g/mol. The van der Waals surface area contributed by atoms with Crippen LogP contribution in [0.1, 0.15) is 36.9 Å². The molecule has 1 rings (SSSR count). The van der Waals surface area contributed by atoms with Crippen LogP contribution >= 0.6 is 0 Å². The highest BCUT2D eigenvalue weighted by molar-refractivity contribution is 7.91. The number of halogens is 3. The fourth-order valence-corrected chi connectivity index (χ4v) is 2.80. The molecular formula is C13H19F3N2O2S. The van der Waals surface area contributed by atoms with Gasteiger partial charge in [-0.3, -0.25) is 11.3 Å². The zero-order valence-electron chi connectivity index (χ0n) is 11.7. The predicted octanol–water partition coefficient (Wildman–Crippen LogP) is 2.42. The maximum atomic E-state index is 12.5. The summed E-state index contributed by atoms with van der Waals surface area (Å²) in [6.07, 6.45) is -3.55. The Hall–Kier alpha value is -1.12. The van der Waals surface area contributed by atoms with Crippen LogP contribution in [0.3, 0.4) is 0 Å². The van der Waals surface area contributed by atoms with Gasteiger partial charge in [0, 0.05) is 11.8 Å². The van der Waals surface area contributed by atoms with Gasteiger partial charge < -0.3 is 0 Å². The molecule has 0 amide bonds. The van der Waals surface area contributed by atoms with Crippen molar-refractivity contribution in [2.24, 2.45) is 5.84 Å². The molecule has 21 heavy (non-hydrogen) atoms. The number of alkyl halides is 3. The van der Waals surface area contributed by atoms with E-state index in [0.717, 1.165) is 12.1 Å². The average Bonchev–Trinajstić information content (AvgIpc) is 2.43. The number of nitrogens with two attached hydrogens (primary N) is 1. The highest BCUT2D eigenvalue weighted by Gasteiger charge is 2.30. The summed E-state index contributed by atoms with van der Waals surface area (Å²) in [4.78, 5) is 0. The highest BCUT2D eigenvalue weighted by Crippen LogP contribution is 2.30. The summed E-state index contributed by atoms with van der Waals surface area (Å²) in [5, 5.41) is 0. The lowest BCUT2D eigenvalue weighted by Crippen LogP contribution is -2.28. The quantitative estimate of drug-likeness (QED) is 0.597. The van der Waals surface area contributed by atoms with Crippen molar-refractivity contribution in [3.63, 3.8) is 0 Å². The predicted molar refractivity (Wildman–Crippen MR) is 75.1 cm³/mol. The summed E-state index contributed by atoms with van der Waals surface area (Å²) in [5.74, 6) is 5.51. The summed E-state index contributed by atoms with van der Waals surface area (Å²) >= 11 is 0. The first kappa shape index (κ1) is 17.9. The van der Waals surface area contributed by atoms with Gasteiger partial charge in [0.25, 0.3) is 0 Å². The number of benzene rings is 1. The Labute approximate surface area is 122 Å². The number of hydrogen-bond donors (Lipinski definition) is 2. The van der Waals surface area contributed by atoms with Crippen molar-refractivity contribution in [3.05, 3.63) is 35.4 Å². The van der Waals surface area contributed by atoms with E-state index in [1.165, 1.54) is 12.1 Å². The summed E-state index contributed by atoms with van der Waals surface area (Å²) in [7, 11) is -3.05. The molecule has 4 nitrogen and oxygen atoms in total. The van der Waals surface area contributed by atoms with E-state index in [1.807, 2.05) is 0 Å². The van der Waals surface area contributed by atoms with Crippen LogP contribution in [-0.4, -0.2) is 19.9 Å². The summed E-state index contributed by atoms with van der Waals surface area (Å²) in [5.41, 5.74) is 2.38. The minimum absolute atomic E-state index is 0.0440. The first-order chi connectivity index (χ1) is 9.69. The van der Waals surface area contributed by atoms with Gasteiger partial charge in [-0.2, -0.15) is 13.2 Å². The van der Waals surface area contributed by atoms with Gasteiger partial charge in [-0.05, 0) is 30.5 Å². The minimum atomic E-state index is -4.38. The van der Waals surface area contributed by atoms with Crippen LogP contribution in [0.15, 0.2) is 24.3 Å². The monoisotopic (exact) mass is 324 g/mol. The molecule has 0 heterocycles. The lowest BCUT2D eigenvalue weighted by atomic mass is 10.0. The maximum Gasteiger partial charge on any atom is 0.416 e. The van der Waals surface area contributed by atoms with Crippen LogP contribution in [0.5, 0.6) is 0 Å². The number of sulfone groups is 1. The largest absolute Gasteiger partial charge is 0.416 e. The molecule has 0 aliphatic carbocycles. The SMILES string of the molecule is CCS(=O)(=O)CCCC(NN)c1ccc(C(F)(F)F)cc1. The van der Waals surface area contributed by atoms with Crippen LogP contribution < -0.4 is 11.3 Å². The molecule has 0 spiro atoms. The standard InChI is InChI=1S/C13H19F3N2O2S/c1-2-21(19,20)9-3-4-12(18-17)10-5-7-11(8-6-10)13(14,15)16/h5-8,12,18H,2-4,9,17H2,1H3. The van der Waals surface area contributed by atoms with Gasteiger partial charge in [0.15, 0.2) is 0 Å². The Bertz CT molecular complexity index is 542.